The Morgan fingerprint density at radius 1 is 1.16 bits per heavy atom. The highest BCUT2D eigenvalue weighted by Gasteiger charge is 2.40. The molecule has 1 saturated carbocycles. The van der Waals surface area contributed by atoms with Crippen LogP contribution in [0.15, 0.2) is 52.6 Å². The van der Waals surface area contributed by atoms with Gasteiger partial charge in [0.1, 0.15) is 18.1 Å². The normalized spacial score (nSPS) is 18.9. The van der Waals surface area contributed by atoms with Gasteiger partial charge in [-0.3, -0.25) is 9.69 Å². The summed E-state index contributed by atoms with van der Waals surface area (Å²) in [6.45, 7) is 0.408. The van der Waals surface area contributed by atoms with Crippen molar-refractivity contribution in [3.8, 4) is 5.75 Å². The topological polar surface area (TPSA) is 32.8 Å². The Balaban J connectivity index is 1.59. The fraction of sp³-hybridized carbons (Fsp3) is 0.333. The maximum absolute atomic E-state index is 13.3. The number of hydrogen-bond donors (Lipinski definition) is 0. The van der Waals surface area contributed by atoms with Crippen molar-refractivity contribution < 1.29 is 9.53 Å². The van der Waals surface area contributed by atoms with E-state index in [9.17, 15) is 4.79 Å². The Morgan fingerprint density at radius 3 is 2.58 bits per heavy atom. The molecule has 0 bridgehead atoms. The van der Waals surface area contributed by atoms with Crippen molar-refractivity contribution in [2.24, 2.45) is 0 Å². The minimum absolute atomic E-state index is 0.0250. The van der Waals surface area contributed by atoms with Crippen molar-refractivity contribution in [2.75, 3.05) is 7.05 Å². The highest BCUT2D eigenvalue weighted by molar-refractivity contribution is 9.10. The number of likely N-dealkylation sites (N-methyl/N-ethyl adjacent to an activating group) is 1. The van der Waals surface area contributed by atoms with Crippen LogP contribution in [0.3, 0.4) is 0 Å². The van der Waals surface area contributed by atoms with Gasteiger partial charge in [0.05, 0.1) is 0 Å². The fourth-order valence-corrected chi connectivity index (χ4v) is 4.93. The van der Waals surface area contributed by atoms with E-state index in [-0.39, 0.29) is 11.9 Å². The maximum Gasteiger partial charge on any atom is 0.277 e. The summed E-state index contributed by atoms with van der Waals surface area (Å²) in [6, 6.07) is 13.6. The molecular formula is C24H24BrClN2O2S. The zero-order valence-corrected chi connectivity index (χ0v) is 20.5. The van der Waals surface area contributed by atoms with Crippen LogP contribution in [0.4, 0.5) is 0 Å². The standard InChI is InChI=1S/C24H24BrClN2O2S/c1-27-21(23(29)28(24(27)31)20-5-3-2-4-6-20)14-17-13-18(25)9-12-22(17)30-15-16-7-10-19(26)11-8-16/h7-14,20H,2-6,15H2,1H3/b21-14-. The fourth-order valence-electron chi connectivity index (χ4n) is 4.09. The summed E-state index contributed by atoms with van der Waals surface area (Å²) in [4.78, 5) is 16.9. The summed E-state index contributed by atoms with van der Waals surface area (Å²) in [6.07, 6.45) is 7.43. The van der Waals surface area contributed by atoms with Gasteiger partial charge < -0.3 is 9.64 Å². The second-order valence-corrected chi connectivity index (χ2v) is 9.65. The molecule has 1 saturated heterocycles. The van der Waals surface area contributed by atoms with Crippen LogP contribution in [0, 0.1) is 0 Å². The van der Waals surface area contributed by atoms with Gasteiger partial charge in [0, 0.05) is 28.1 Å². The summed E-state index contributed by atoms with van der Waals surface area (Å²) < 4.78 is 7.00. The van der Waals surface area contributed by atoms with E-state index in [0.717, 1.165) is 41.3 Å². The number of hydrogen-bond acceptors (Lipinski definition) is 3. The first kappa shape index (κ1) is 22.3. The van der Waals surface area contributed by atoms with Crippen LogP contribution >= 0.6 is 39.7 Å². The molecule has 1 amide bonds. The number of ether oxygens (including phenoxy) is 1. The van der Waals surface area contributed by atoms with Crippen molar-refractivity contribution in [2.45, 2.75) is 44.8 Å². The summed E-state index contributed by atoms with van der Waals surface area (Å²) >= 11 is 15.1. The van der Waals surface area contributed by atoms with Crippen molar-refractivity contribution in [3.05, 3.63) is 68.8 Å². The van der Waals surface area contributed by atoms with Crippen molar-refractivity contribution >= 4 is 56.8 Å². The molecule has 31 heavy (non-hydrogen) atoms. The molecular weight excluding hydrogens is 496 g/mol. The molecule has 0 spiro atoms. The maximum atomic E-state index is 13.3. The molecule has 2 aliphatic rings. The smallest absolute Gasteiger partial charge is 0.277 e. The molecule has 2 aromatic carbocycles. The van der Waals surface area contributed by atoms with E-state index >= 15 is 0 Å². The number of benzene rings is 2. The Morgan fingerprint density at radius 2 is 1.87 bits per heavy atom. The monoisotopic (exact) mass is 518 g/mol. The Kier molecular flexibility index (Phi) is 6.99. The third-order valence-electron chi connectivity index (χ3n) is 5.80. The number of carbonyl (C=O) groups excluding carboxylic acids is 1. The van der Waals surface area contributed by atoms with E-state index in [1.165, 1.54) is 6.42 Å². The number of thiocarbonyl (C=S) groups is 1. The third-order valence-corrected chi connectivity index (χ3v) is 7.02. The molecule has 1 aliphatic heterocycles. The second-order valence-electron chi connectivity index (χ2n) is 7.94. The van der Waals surface area contributed by atoms with Gasteiger partial charge in [0.15, 0.2) is 5.11 Å². The van der Waals surface area contributed by atoms with Gasteiger partial charge in [-0.25, -0.2) is 0 Å². The first-order valence-electron chi connectivity index (χ1n) is 10.4. The SMILES string of the molecule is CN1C(=S)N(C2CCCCC2)C(=O)/C1=C/c1cc(Br)ccc1OCc1ccc(Cl)cc1. The molecule has 0 aromatic heterocycles. The minimum Gasteiger partial charge on any atom is -0.488 e. The summed E-state index contributed by atoms with van der Waals surface area (Å²) in [5.74, 6) is 0.678. The quantitative estimate of drug-likeness (QED) is 0.337. The van der Waals surface area contributed by atoms with E-state index < -0.39 is 0 Å². The van der Waals surface area contributed by atoms with Gasteiger partial charge in [0.2, 0.25) is 0 Å². The lowest BCUT2D eigenvalue weighted by Crippen LogP contribution is -2.41. The summed E-state index contributed by atoms with van der Waals surface area (Å²) in [7, 11) is 1.86. The van der Waals surface area contributed by atoms with Crippen molar-refractivity contribution in [3.63, 3.8) is 0 Å². The van der Waals surface area contributed by atoms with Crippen LogP contribution in [-0.2, 0) is 11.4 Å². The van der Waals surface area contributed by atoms with E-state index in [0.29, 0.717) is 28.2 Å². The number of rotatable bonds is 5. The van der Waals surface area contributed by atoms with Crippen molar-refractivity contribution in [1.29, 1.82) is 0 Å². The Bertz CT molecular complexity index is 1020. The second kappa shape index (κ2) is 9.72. The number of amides is 1. The van der Waals surface area contributed by atoms with Crippen molar-refractivity contribution in [1.82, 2.24) is 9.80 Å². The molecule has 2 fully saturated rings. The average Bonchev–Trinajstić information content (AvgIpc) is 2.98. The predicted octanol–water partition coefficient (Wildman–Crippen LogP) is 6.41. The van der Waals surface area contributed by atoms with Crippen LogP contribution in [0.1, 0.15) is 43.2 Å². The lowest BCUT2D eigenvalue weighted by Gasteiger charge is -2.30. The molecule has 4 nitrogen and oxygen atoms in total. The summed E-state index contributed by atoms with van der Waals surface area (Å²) in [5, 5.41) is 1.28. The average molecular weight is 520 g/mol. The number of halogens is 2. The molecule has 0 radical (unpaired) electrons. The number of carbonyl (C=O) groups is 1. The molecule has 162 valence electrons. The Hall–Kier alpha value is -1.89. The summed E-state index contributed by atoms with van der Waals surface area (Å²) in [5.41, 5.74) is 2.42. The zero-order valence-electron chi connectivity index (χ0n) is 17.3. The van der Waals surface area contributed by atoms with Gasteiger partial charge in [-0.1, -0.05) is 58.9 Å². The molecule has 2 aromatic rings. The highest BCUT2D eigenvalue weighted by atomic mass is 79.9. The van der Waals surface area contributed by atoms with E-state index in [1.807, 2.05) is 65.4 Å². The highest BCUT2D eigenvalue weighted by Crippen LogP contribution is 2.33. The Labute approximate surface area is 201 Å². The first-order chi connectivity index (χ1) is 14.9. The van der Waals surface area contributed by atoms with Gasteiger partial charge >= 0.3 is 0 Å². The van der Waals surface area contributed by atoms with Crippen LogP contribution in [-0.4, -0.2) is 33.9 Å². The largest absolute Gasteiger partial charge is 0.488 e. The van der Waals surface area contributed by atoms with Gasteiger partial charge in [-0.05, 0) is 67.0 Å². The third kappa shape index (κ3) is 4.97. The van der Waals surface area contributed by atoms with Crippen LogP contribution in [0.5, 0.6) is 5.75 Å². The number of nitrogens with zero attached hydrogens (tertiary/aromatic N) is 2. The van der Waals surface area contributed by atoms with Gasteiger partial charge in [-0.15, -0.1) is 0 Å². The van der Waals surface area contributed by atoms with Crippen LogP contribution in [0.2, 0.25) is 5.02 Å². The molecule has 1 heterocycles. The van der Waals surface area contributed by atoms with E-state index in [2.05, 4.69) is 15.9 Å². The molecule has 0 atom stereocenters. The van der Waals surface area contributed by atoms with E-state index in [4.69, 9.17) is 28.6 Å². The molecule has 1 aliphatic carbocycles. The lowest BCUT2D eigenvalue weighted by atomic mass is 9.94. The zero-order chi connectivity index (χ0) is 22.0. The van der Waals surface area contributed by atoms with Gasteiger partial charge in [0.25, 0.3) is 5.91 Å². The first-order valence-corrected chi connectivity index (χ1v) is 12.0. The minimum atomic E-state index is -0.0250. The lowest BCUT2D eigenvalue weighted by molar-refractivity contribution is -0.124. The predicted molar refractivity (Wildman–Crippen MR) is 132 cm³/mol. The molecule has 4 rings (SSSR count). The molecule has 0 N–H and O–H groups in total. The molecule has 7 heteroatoms. The molecule has 0 unspecified atom stereocenters. The van der Waals surface area contributed by atoms with Gasteiger partial charge in [-0.2, -0.15) is 0 Å². The van der Waals surface area contributed by atoms with Crippen LogP contribution < -0.4 is 4.74 Å². The van der Waals surface area contributed by atoms with E-state index in [1.54, 1.807) is 0 Å². The van der Waals surface area contributed by atoms with Crippen LogP contribution in [0.25, 0.3) is 6.08 Å².